The molecular weight excluding hydrogens is 465 g/mol. The van der Waals surface area contributed by atoms with Crippen molar-refractivity contribution in [1.82, 2.24) is 14.5 Å². The summed E-state index contributed by atoms with van der Waals surface area (Å²) in [5.41, 5.74) is 2.19. The minimum atomic E-state index is -5.08. The van der Waals surface area contributed by atoms with Crippen LogP contribution < -0.4 is 4.90 Å². The van der Waals surface area contributed by atoms with Crippen LogP contribution in [0.25, 0.3) is 5.82 Å². The van der Waals surface area contributed by atoms with Crippen LogP contribution in [0.4, 0.5) is 18.9 Å². The second kappa shape index (κ2) is 9.52. The van der Waals surface area contributed by atoms with Gasteiger partial charge in [0.25, 0.3) is 5.91 Å². The summed E-state index contributed by atoms with van der Waals surface area (Å²) in [4.78, 5) is 31.2. The van der Waals surface area contributed by atoms with Gasteiger partial charge in [0.2, 0.25) is 0 Å². The van der Waals surface area contributed by atoms with Crippen LogP contribution in [0.5, 0.6) is 0 Å². The van der Waals surface area contributed by atoms with Gasteiger partial charge in [0, 0.05) is 38.6 Å². The van der Waals surface area contributed by atoms with Crippen LogP contribution in [0.2, 0.25) is 0 Å². The zero-order valence-corrected chi connectivity index (χ0v) is 19.7. The van der Waals surface area contributed by atoms with Gasteiger partial charge >= 0.3 is 12.1 Å². The van der Waals surface area contributed by atoms with Crippen LogP contribution in [0.3, 0.4) is 0 Å². The zero-order valence-electron chi connectivity index (χ0n) is 19.7. The maximum atomic E-state index is 13.1. The second-order valence-electron chi connectivity index (χ2n) is 9.46. The molecule has 0 radical (unpaired) electrons. The van der Waals surface area contributed by atoms with Gasteiger partial charge in [0.15, 0.2) is 5.82 Å². The lowest BCUT2D eigenvalue weighted by Gasteiger charge is -2.48. The van der Waals surface area contributed by atoms with Crippen molar-refractivity contribution in [2.45, 2.75) is 50.9 Å². The molecule has 2 aromatic rings. The number of amides is 1. The van der Waals surface area contributed by atoms with Crippen molar-refractivity contribution < 1.29 is 32.6 Å². The number of anilines is 1. The van der Waals surface area contributed by atoms with Crippen molar-refractivity contribution in [3.63, 3.8) is 0 Å². The van der Waals surface area contributed by atoms with Crippen molar-refractivity contribution in [2.24, 2.45) is 5.92 Å². The van der Waals surface area contributed by atoms with E-state index in [1.807, 2.05) is 17.2 Å². The van der Waals surface area contributed by atoms with Crippen LogP contribution in [0, 0.1) is 5.92 Å². The predicted molar refractivity (Wildman–Crippen MR) is 121 cm³/mol. The lowest BCUT2D eigenvalue weighted by molar-refractivity contribution is -0.192. The molecule has 8 nitrogen and oxygen atoms in total. The molecule has 3 aliphatic rings. The lowest BCUT2D eigenvalue weighted by Crippen LogP contribution is -2.54. The number of ether oxygens (including phenoxy) is 1. The number of carbonyl (C=O) groups is 2. The fraction of sp³-hybridized carbons (Fsp3) is 0.542. The molecule has 35 heavy (non-hydrogen) atoms. The lowest BCUT2D eigenvalue weighted by atomic mass is 9.88. The molecule has 0 saturated carbocycles. The van der Waals surface area contributed by atoms with Crippen molar-refractivity contribution in [2.75, 3.05) is 31.1 Å². The van der Waals surface area contributed by atoms with Crippen LogP contribution in [-0.4, -0.2) is 70.0 Å². The summed E-state index contributed by atoms with van der Waals surface area (Å²) in [5, 5.41) is 7.12. The molecule has 1 amide bonds. The number of nitrogens with zero attached hydrogens (tertiary/aromatic N) is 4. The third kappa shape index (κ3) is 4.73. The Hall–Kier alpha value is -3.08. The largest absolute Gasteiger partial charge is 0.490 e. The number of hydrogen-bond acceptors (Lipinski definition) is 5. The summed E-state index contributed by atoms with van der Waals surface area (Å²) in [6.07, 6.45) is 1.38. The molecule has 2 atom stereocenters. The molecule has 11 heteroatoms. The molecule has 0 aromatic carbocycles. The maximum Gasteiger partial charge on any atom is 0.490 e. The van der Waals surface area contributed by atoms with Gasteiger partial charge in [-0.3, -0.25) is 4.79 Å². The first-order valence-electron chi connectivity index (χ1n) is 11.7. The molecule has 190 valence electrons. The number of halogens is 3. The normalized spacial score (nSPS) is 23.2. The fourth-order valence-electron chi connectivity index (χ4n) is 5.12. The molecule has 2 aromatic heterocycles. The van der Waals surface area contributed by atoms with Gasteiger partial charge in [-0.1, -0.05) is 13.8 Å². The van der Waals surface area contributed by atoms with Crippen molar-refractivity contribution in [3.8, 4) is 5.82 Å². The highest BCUT2D eigenvalue weighted by Gasteiger charge is 2.51. The number of likely N-dealkylation sites (tertiary alicyclic amines) is 1. The van der Waals surface area contributed by atoms with E-state index in [1.165, 1.54) is 5.69 Å². The smallest absolute Gasteiger partial charge is 0.475 e. The molecule has 2 saturated heterocycles. The van der Waals surface area contributed by atoms with Crippen molar-refractivity contribution in [3.05, 3.63) is 42.4 Å². The SMILES string of the molecule is CC(C)CN1c2cccnc2-n2cccc2C12CCN(C(=O)[C@H]1CCCO1)C2.O=C(O)C(F)(F)F. The number of aromatic nitrogens is 2. The first-order chi connectivity index (χ1) is 16.5. The Kier molecular flexibility index (Phi) is 6.81. The van der Waals surface area contributed by atoms with Gasteiger partial charge in [0.1, 0.15) is 11.6 Å². The Bertz CT molecular complexity index is 1080. The number of carbonyl (C=O) groups excluding carboxylic acids is 1. The number of hydrogen-bond donors (Lipinski definition) is 1. The van der Waals surface area contributed by atoms with E-state index < -0.39 is 12.1 Å². The number of pyridine rings is 1. The summed E-state index contributed by atoms with van der Waals surface area (Å²) in [6.45, 7) is 7.62. The fourth-order valence-corrected chi connectivity index (χ4v) is 5.12. The molecule has 1 N–H and O–H groups in total. The van der Waals surface area contributed by atoms with E-state index in [0.717, 1.165) is 43.9 Å². The van der Waals surface area contributed by atoms with Gasteiger partial charge in [-0.25, -0.2) is 9.78 Å². The standard InChI is InChI=1S/C22H28N4O2.C2HF3O2/c1-16(2)14-26-17-6-3-10-23-20(17)25-11-4-8-19(25)22(26)9-12-24(15-22)21(27)18-7-5-13-28-18;3-2(4,5)1(6)7/h3-4,6,8,10-11,16,18H,5,7,9,12-15H2,1-2H3;(H,6,7)/t18-,22?;/m1./s1. The van der Waals surface area contributed by atoms with E-state index in [4.69, 9.17) is 14.6 Å². The molecule has 2 fully saturated rings. The number of fused-ring (bicyclic) bond motifs is 4. The Balaban J connectivity index is 0.000000364. The van der Waals surface area contributed by atoms with E-state index in [-0.39, 0.29) is 17.6 Å². The first kappa shape index (κ1) is 25.0. The summed E-state index contributed by atoms with van der Waals surface area (Å²) in [6, 6.07) is 8.47. The van der Waals surface area contributed by atoms with E-state index in [9.17, 15) is 18.0 Å². The van der Waals surface area contributed by atoms with Crippen LogP contribution in [0.15, 0.2) is 36.7 Å². The molecule has 1 unspecified atom stereocenters. The van der Waals surface area contributed by atoms with Gasteiger partial charge < -0.3 is 24.2 Å². The number of aliphatic carboxylic acids is 1. The van der Waals surface area contributed by atoms with E-state index in [2.05, 4.69) is 52.7 Å². The quantitative estimate of drug-likeness (QED) is 0.702. The van der Waals surface area contributed by atoms with E-state index in [0.29, 0.717) is 19.1 Å². The van der Waals surface area contributed by atoms with Crippen LogP contribution >= 0.6 is 0 Å². The molecule has 5 rings (SSSR count). The third-order valence-electron chi connectivity index (χ3n) is 6.58. The molecule has 3 aliphatic heterocycles. The zero-order chi connectivity index (χ0) is 25.4. The maximum absolute atomic E-state index is 13.1. The Morgan fingerprint density at radius 2 is 2.03 bits per heavy atom. The van der Waals surface area contributed by atoms with Gasteiger partial charge in [-0.2, -0.15) is 13.2 Å². The minimum Gasteiger partial charge on any atom is -0.475 e. The molecule has 0 bridgehead atoms. The Morgan fingerprint density at radius 3 is 2.66 bits per heavy atom. The average molecular weight is 495 g/mol. The highest BCUT2D eigenvalue weighted by Crippen LogP contribution is 2.47. The predicted octanol–water partition coefficient (Wildman–Crippen LogP) is 3.59. The monoisotopic (exact) mass is 494 g/mol. The van der Waals surface area contributed by atoms with Gasteiger partial charge in [-0.15, -0.1) is 0 Å². The van der Waals surface area contributed by atoms with E-state index in [1.54, 1.807) is 0 Å². The Morgan fingerprint density at radius 1 is 1.29 bits per heavy atom. The highest BCUT2D eigenvalue weighted by atomic mass is 19.4. The van der Waals surface area contributed by atoms with E-state index >= 15 is 0 Å². The molecular formula is C24H29F3N4O4. The Labute approximate surface area is 201 Å². The first-order valence-corrected chi connectivity index (χ1v) is 11.7. The molecule has 1 spiro atoms. The van der Waals surface area contributed by atoms with Crippen molar-refractivity contribution >= 4 is 17.6 Å². The highest BCUT2D eigenvalue weighted by molar-refractivity contribution is 5.82. The average Bonchev–Trinajstić information content (AvgIpc) is 3.57. The number of carboxylic acids is 1. The minimum absolute atomic E-state index is 0.161. The van der Waals surface area contributed by atoms with Gasteiger partial charge in [0.05, 0.1) is 11.4 Å². The number of carboxylic acid groups (broad SMARTS) is 1. The van der Waals surface area contributed by atoms with Crippen LogP contribution in [0.1, 0.15) is 38.8 Å². The molecule has 5 heterocycles. The van der Waals surface area contributed by atoms with Crippen LogP contribution in [-0.2, 0) is 19.9 Å². The summed E-state index contributed by atoms with van der Waals surface area (Å²) >= 11 is 0. The number of rotatable bonds is 3. The third-order valence-corrected chi connectivity index (χ3v) is 6.58. The topological polar surface area (TPSA) is 87.9 Å². The summed E-state index contributed by atoms with van der Waals surface area (Å²) in [7, 11) is 0. The summed E-state index contributed by atoms with van der Waals surface area (Å²) in [5.74, 6) is -1.10. The molecule has 0 aliphatic carbocycles. The second-order valence-corrected chi connectivity index (χ2v) is 9.46. The summed E-state index contributed by atoms with van der Waals surface area (Å²) < 4.78 is 39.6. The number of alkyl halides is 3. The van der Waals surface area contributed by atoms with Gasteiger partial charge in [-0.05, 0) is 49.4 Å². The van der Waals surface area contributed by atoms with Crippen molar-refractivity contribution in [1.29, 1.82) is 0 Å².